The minimum Gasteiger partial charge on any atom is -0.353 e. The van der Waals surface area contributed by atoms with Crippen LogP contribution in [-0.2, 0) is 4.79 Å². The lowest BCUT2D eigenvalue weighted by Gasteiger charge is -2.10. The van der Waals surface area contributed by atoms with Gasteiger partial charge in [0.1, 0.15) is 0 Å². The van der Waals surface area contributed by atoms with Gasteiger partial charge in [-0.25, -0.2) is 10.5 Å². The van der Waals surface area contributed by atoms with Gasteiger partial charge < -0.3 is 5.32 Å². The maximum absolute atomic E-state index is 11.9. The molecule has 9 heteroatoms. The van der Waals surface area contributed by atoms with Crippen molar-refractivity contribution >= 4 is 29.3 Å². The van der Waals surface area contributed by atoms with E-state index in [1.165, 1.54) is 24.6 Å². The Morgan fingerprint density at radius 3 is 3.00 bits per heavy atom. The largest absolute Gasteiger partial charge is 0.353 e. The standard InChI is InChI=1S/C16H21N7OS/c1-11(13-8-4-5-9-17-13)20-21-15-19-16(23-22-15)25-10-14(24)18-12-6-2-3-7-12/h4-5,8-9,12H,2-3,6-7,10H2,1H3,(H,18,24)(H2,19,21,22,23). The van der Waals surface area contributed by atoms with Crippen molar-refractivity contribution in [2.24, 2.45) is 5.10 Å². The average Bonchev–Trinajstić information content (AvgIpc) is 3.30. The van der Waals surface area contributed by atoms with Crippen LogP contribution in [0.25, 0.3) is 0 Å². The number of nitrogens with one attached hydrogen (secondary N) is 3. The molecular weight excluding hydrogens is 338 g/mol. The molecule has 0 saturated heterocycles. The van der Waals surface area contributed by atoms with Gasteiger partial charge in [-0.2, -0.15) is 10.1 Å². The van der Waals surface area contributed by atoms with Crippen LogP contribution in [0.2, 0.25) is 0 Å². The van der Waals surface area contributed by atoms with Crippen LogP contribution in [0, 0.1) is 0 Å². The van der Waals surface area contributed by atoms with Crippen LogP contribution >= 0.6 is 11.8 Å². The number of hydrogen-bond donors (Lipinski definition) is 3. The zero-order valence-electron chi connectivity index (χ0n) is 14.0. The van der Waals surface area contributed by atoms with Crippen LogP contribution in [-0.4, -0.2) is 43.6 Å². The Hall–Kier alpha value is -2.42. The lowest BCUT2D eigenvalue weighted by atomic mass is 10.2. The highest BCUT2D eigenvalue weighted by Gasteiger charge is 2.17. The summed E-state index contributed by atoms with van der Waals surface area (Å²) in [6, 6.07) is 5.97. The van der Waals surface area contributed by atoms with Crippen molar-refractivity contribution in [3.63, 3.8) is 0 Å². The summed E-state index contributed by atoms with van der Waals surface area (Å²) in [5, 5.41) is 14.6. The Labute approximate surface area is 150 Å². The maximum Gasteiger partial charge on any atom is 0.240 e. The molecule has 25 heavy (non-hydrogen) atoms. The van der Waals surface area contributed by atoms with Gasteiger partial charge in [0.25, 0.3) is 0 Å². The normalized spacial score (nSPS) is 15.3. The molecule has 0 radical (unpaired) electrons. The molecule has 0 aromatic carbocycles. The van der Waals surface area contributed by atoms with Gasteiger partial charge in [0, 0.05) is 12.2 Å². The topological polar surface area (TPSA) is 108 Å². The van der Waals surface area contributed by atoms with Crippen molar-refractivity contribution in [3.05, 3.63) is 30.1 Å². The Kier molecular flexibility index (Phi) is 5.99. The number of rotatable bonds is 7. The molecule has 1 amide bonds. The van der Waals surface area contributed by atoms with Crippen molar-refractivity contribution in [1.29, 1.82) is 0 Å². The second kappa shape index (κ2) is 8.61. The smallest absolute Gasteiger partial charge is 0.240 e. The molecule has 132 valence electrons. The fourth-order valence-electron chi connectivity index (χ4n) is 2.60. The van der Waals surface area contributed by atoms with Crippen molar-refractivity contribution < 1.29 is 4.79 Å². The number of carbonyl (C=O) groups is 1. The summed E-state index contributed by atoms with van der Waals surface area (Å²) in [5.41, 5.74) is 4.34. The summed E-state index contributed by atoms with van der Waals surface area (Å²) in [7, 11) is 0. The number of hydrazone groups is 1. The van der Waals surface area contributed by atoms with E-state index >= 15 is 0 Å². The predicted octanol–water partition coefficient (Wildman–Crippen LogP) is 2.19. The summed E-state index contributed by atoms with van der Waals surface area (Å²) in [4.78, 5) is 20.4. The third kappa shape index (κ3) is 5.28. The molecule has 0 unspecified atom stereocenters. The van der Waals surface area contributed by atoms with E-state index < -0.39 is 0 Å². The molecule has 3 rings (SSSR count). The molecule has 3 N–H and O–H groups in total. The van der Waals surface area contributed by atoms with E-state index in [-0.39, 0.29) is 5.91 Å². The van der Waals surface area contributed by atoms with Gasteiger partial charge in [0.05, 0.1) is 17.2 Å². The molecule has 1 aliphatic carbocycles. The molecule has 0 aliphatic heterocycles. The van der Waals surface area contributed by atoms with E-state index in [2.05, 4.69) is 36.0 Å². The number of aromatic amines is 1. The molecular formula is C16H21N7OS. The van der Waals surface area contributed by atoms with E-state index in [0.717, 1.165) is 24.2 Å². The predicted molar refractivity (Wildman–Crippen MR) is 97.6 cm³/mol. The molecule has 1 aliphatic rings. The first-order valence-electron chi connectivity index (χ1n) is 8.27. The second-order valence-electron chi connectivity index (χ2n) is 5.83. The monoisotopic (exact) mass is 359 g/mol. The number of thioether (sulfide) groups is 1. The zero-order chi connectivity index (χ0) is 17.5. The number of hydrogen-bond acceptors (Lipinski definition) is 7. The molecule has 8 nitrogen and oxygen atoms in total. The molecule has 0 bridgehead atoms. The van der Waals surface area contributed by atoms with Crippen LogP contribution in [0.5, 0.6) is 0 Å². The van der Waals surface area contributed by atoms with Crippen molar-refractivity contribution in [1.82, 2.24) is 25.5 Å². The van der Waals surface area contributed by atoms with Crippen molar-refractivity contribution in [2.75, 3.05) is 11.2 Å². The summed E-state index contributed by atoms with van der Waals surface area (Å²) in [6.45, 7) is 1.86. The lowest BCUT2D eigenvalue weighted by molar-refractivity contribution is -0.119. The molecule has 2 aromatic heterocycles. The van der Waals surface area contributed by atoms with Crippen LogP contribution in [0.1, 0.15) is 38.3 Å². The second-order valence-corrected chi connectivity index (χ2v) is 6.77. The van der Waals surface area contributed by atoms with Gasteiger partial charge in [-0.1, -0.05) is 30.7 Å². The first-order chi connectivity index (χ1) is 12.2. The number of aromatic nitrogens is 4. The van der Waals surface area contributed by atoms with Gasteiger partial charge in [0.15, 0.2) is 0 Å². The van der Waals surface area contributed by atoms with E-state index in [4.69, 9.17) is 0 Å². The Balaban J connectivity index is 1.46. The highest BCUT2D eigenvalue weighted by Crippen LogP contribution is 2.18. The fourth-order valence-corrected chi connectivity index (χ4v) is 3.21. The molecule has 2 aromatic rings. The van der Waals surface area contributed by atoms with Gasteiger partial charge in [-0.3, -0.25) is 9.78 Å². The molecule has 1 fully saturated rings. The van der Waals surface area contributed by atoms with Gasteiger partial charge in [-0.05, 0) is 31.9 Å². The minimum atomic E-state index is 0.0280. The molecule has 0 spiro atoms. The van der Waals surface area contributed by atoms with E-state index in [1.54, 1.807) is 6.20 Å². The number of pyridine rings is 1. The highest BCUT2D eigenvalue weighted by atomic mass is 32.2. The van der Waals surface area contributed by atoms with E-state index in [0.29, 0.717) is 22.9 Å². The lowest BCUT2D eigenvalue weighted by Crippen LogP contribution is -2.33. The fraction of sp³-hybridized carbons (Fsp3) is 0.438. The number of nitrogens with zero attached hydrogens (tertiary/aromatic N) is 4. The number of carbonyl (C=O) groups excluding carboxylic acids is 1. The van der Waals surface area contributed by atoms with Crippen LogP contribution < -0.4 is 10.7 Å². The summed E-state index contributed by atoms with van der Waals surface area (Å²) >= 11 is 1.30. The number of H-pyrrole nitrogens is 1. The van der Waals surface area contributed by atoms with Crippen molar-refractivity contribution in [2.45, 2.75) is 43.8 Å². The Morgan fingerprint density at radius 1 is 1.40 bits per heavy atom. The van der Waals surface area contributed by atoms with Crippen molar-refractivity contribution in [3.8, 4) is 0 Å². The maximum atomic E-state index is 11.9. The average molecular weight is 359 g/mol. The summed E-state index contributed by atoms with van der Waals surface area (Å²) < 4.78 is 0. The minimum absolute atomic E-state index is 0.0280. The van der Waals surface area contributed by atoms with Crippen LogP contribution in [0.3, 0.4) is 0 Å². The quantitative estimate of drug-likeness (QED) is 0.397. The van der Waals surface area contributed by atoms with Gasteiger partial charge >= 0.3 is 0 Å². The van der Waals surface area contributed by atoms with Crippen LogP contribution in [0.4, 0.5) is 5.95 Å². The molecule has 0 atom stereocenters. The third-order valence-electron chi connectivity index (χ3n) is 3.88. The van der Waals surface area contributed by atoms with Crippen LogP contribution in [0.15, 0.2) is 34.7 Å². The Bertz CT molecular complexity index is 725. The zero-order valence-corrected chi connectivity index (χ0v) is 14.8. The number of amides is 1. The number of anilines is 1. The Morgan fingerprint density at radius 2 is 2.24 bits per heavy atom. The SMILES string of the molecule is CC(=NNc1nc(SCC(=O)NC2CCCC2)n[nH]1)c1ccccn1. The first kappa shape index (κ1) is 17.4. The summed E-state index contributed by atoms with van der Waals surface area (Å²) in [5.74, 6) is 0.763. The summed E-state index contributed by atoms with van der Waals surface area (Å²) in [6.07, 6.45) is 6.28. The highest BCUT2D eigenvalue weighted by molar-refractivity contribution is 7.99. The molecule has 1 saturated carbocycles. The van der Waals surface area contributed by atoms with Gasteiger partial charge in [0.2, 0.25) is 17.0 Å². The molecule has 2 heterocycles. The first-order valence-corrected chi connectivity index (χ1v) is 9.25. The van der Waals surface area contributed by atoms with Gasteiger partial charge in [-0.15, -0.1) is 5.10 Å². The van der Waals surface area contributed by atoms with E-state index in [1.807, 2.05) is 25.1 Å². The third-order valence-corrected chi connectivity index (χ3v) is 4.73. The van der Waals surface area contributed by atoms with E-state index in [9.17, 15) is 4.79 Å².